The Kier molecular flexibility index (Phi) is 4.88. The Balaban J connectivity index is 2.41. The number of carbonyl (C=O) groups excluding carboxylic acids is 2. The molecule has 24 heavy (non-hydrogen) atoms. The zero-order valence-corrected chi connectivity index (χ0v) is 13.2. The minimum atomic E-state index is -0.790. The van der Waals surface area contributed by atoms with E-state index in [1.165, 1.54) is 24.4 Å². The lowest BCUT2D eigenvalue weighted by Gasteiger charge is -2.09. The summed E-state index contributed by atoms with van der Waals surface area (Å²) in [6.07, 6.45) is 2.09. The average molecular weight is 328 g/mol. The molecule has 0 bridgehead atoms. The molecule has 8 nitrogen and oxygen atoms in total. The fourth-order valence-corrected chi connectivity index (χ4v) is 2.15. The van der Waals surface area contributed by atoms with Crippen LogP contribution in [0.25, 0.3) is 0 Å². The minimum absolute atomic E-state index is 0.0207. The van der Waals surface area contributed by atoms with Crippen molar-refractivity contribution in [3.8, 4) is 0 Å². The molecule has 1 aromatic heterocycles. The van der Waals surface area contributed by atoms with Gasteiger partial charge in [0.25, 0.3) is 17.5 Å². The first-order chi connectivity index (χ1) is 11.3. The normalized spacial score (nSPS) is 10.2. The van der Waals surface area contributed by atoms with E-state index >= 15 is 0 Å². The van der Waals surface area contributed by atoms with Gasteiger partial charge in [0.1, 0.15) is 11.4 Å². The third-order valence-corrected chi connectivity index (χ3v) is 3.43. The summed E-state index contributed by atoms with van der Waals surface area (Å²) in [6, 6.07) is 5.90. The molecule has 124 valence electrons. The molecule has 1 aromatic carbocycles. The van der Waals surface area contributed by atoms with Gasteiger partial charge in [0.05, 0.1) is 10.5 Å². The zero-order valence-electron chi connectivity index (χ0n) is 13.2. The number of aryl methyl sites for hydroxylation is 2. The van der Waals surface area contributed by atoms with Gasteiger partial charge in [-0.2, -0.15) is 0 Å². The lowest BCUT2D eigenvalue weighted by molar-refractivity contribution is -0.384. The van der Waals surface area contributed by atoms with Crippen molar-refractivity contribution < 1.29 is 14.5 Å². The number of benzene rings is 1. The average Bonchev–Trinajstić information content (AvgIpc) is 2.55. The van der Waals surface area contributed by atoms with Gasteiger partial charge >= 0.3 is 0 Å². The lowest BCUT2D eigenvalue weighted by Crippen LogP contribution is -2.22. The van der Waals surface area contributed by atoms with E-state index in [-0.39, 0.29) is 22.6 Å². The van der Waals surface area contributed by atoms with Gasteiger partial charge in [0.2, 0.25) is 0 Å². The summed E-state index contributed by atoms with van der Waals surface area (Å²) in [5.41, 5.74) is 6.32. The minimum Gasteiger partial charge on any atom is -0.366 e. The Morgan fingerprint density at radius 2 is 2.04 bits per heavy atom. The molecule has 0 unspecified atom stereocenters. The summed E-state index contributed by atoms with van der Waals surface area (Å²) in [5.74, 6) is -1.53. The number of hydrogen-bond acceptors (Lipinski definition) is 5. The first kappa shape index (κ1) is 17.1. The molecule has 0 aliphatic rings. The van der Waals surface area contributed by atoms with Crippen LogP contribution in [0.2, 0.25) is 0 Å². The van der Waals surface area contributed by atoms with Crippen LogP contribution in [0.3, 0.4) is 0 Å². The molecule has 0 fully saturated rings. The number of nitro groups is 1. The van der Waals surface area contributed by atoms with Gasteiger partial charge in [0, 0.05) is 12.3 Å². The largest absolute Gasteiger partial charge is 0.366 e. The molecule has 0 aliphatic carbocycles. The Hall–Kier alpha value is -3.29. The van der Waals surface area contributed by atoms with Crippen molar-refractivity contribution in [3.63, 3.8) is 0 Å². The Morgan fingerprint density at radius 1 is 1.33 bits per heavy atom. The quantitative estimate of drug-likeness (QED) is 0.642. The Labute approximate surface area is 137 Å². The molecule has 1 heterocycles. The molecule has 3 N–H and O–H groups in total. The molecular weight excluding hydrogens is 312 g/mol. The van der Waals surface area contributed by atoms with E-state index in [1.807, 2.05) is 6.92 Å². The molecular formula is C16H16N4O4. The highest BCUT2D eigenvalue weighted by Gasteiger charge is 2.21. The second-order valence-electron chi connectivity index (χ2n) is 5.19. The fourth-order valence-electron chi connectivity index (χ4n) is 2.15. The number of primary amides is 1. The maximum Gasteiger partial charge on any atom is 0.293 e. The predicted molar refractivity (Wildman–Crippen MR) is 87.9 cm³/mol. The molecule has 2 aromatic rings. The lowest BCUT2D eigenvalue weighted by atomic mass is 10.1. The Bertz CT molecular complexity index is 833. The van der Waals surface area contributed by atoms with Crippen LogP contribution in [-0.4, -0.2) is 21.7 Å². The summed E-state index contributed by atoms with van der Waals surface area (Å²) in [6.45, 7) is 3.58. The van der Waals surface area contributed by atoms with Crippen LogP contribution in [0.5, 0.6) is 0 Å². The van der Waals surface area contributed by atoms with Gasteiger partial charge < -0.3 is 11.1 Å². The topological polar surface area (TPSA) is 128 Å². The second kappa shape index (κ2) is 6.86. The monoisotopic (exact) mass is 328 g/mol. The molecule has 0 saturated heterocycles. The van der Waals surface area contributed by atoms with Crippen molar-refractivity contribution in [2.45, 2.75) is 20.3 Å². The van der Waals surface area contributed by atoms with Crippen LogP contribution in [0.15, 0.2) is 30.5 Å². The molecule has 2 amide bonds. The fraction of sp³-hybridized carbons (Fsp3) is 0.188. The summed E-state index contributed by atoms with van der Waals surface area (Å²) < 4.78 is 0. The summed E-state index contributed by atoms with van der Waals surface area (Å²) in [7, 11) is 0. The zero-order chi connectivity index (χ0) is 17.9. The van der Waals surface area contributed by atoms with Gasteiger partial charge in [0.15, 0.2) is 0 Å². The number of amides is 2. The predicted octanol–water partition coefficient (Wildman–Crippen LogP) is 2.21. The third-order valence-electron chi connectivity index (χ3n) is 3.43. The van der Waals surface area contributed by atoms with Crippen molar-refractivity contribution in [2.75, 3.05) is 5.32 Å². The van der Waals surface area contributed by atoms with Crippen LogP contribution in [0.1, 0.15) is 38.9 Å². The maximum atomic E-state index is 12.4. The van der Waals surface area contributed by atoms with Gasteiger partial charge in [-0.1, -0.05) is 13.0 Å². The molecule has 0 radical (unpaired) electrons. The molecule has 8 heteroatoms. The number of carbonyl (C=O) groups is 2. The first-order valence-corrected chi connectivity index (χ1v) is 7.18. The highest BCUT2D eigenvalue weighted by molar-refractivity contribution is 6.11. The number of nitrogens with zero attached hydrogens (tertiary/aromatic N) is 2. The molecule has 0 aliphatic heterocycles. The van der Waals surface area contributed by atoms with E-state index in [0.717, 1.165) is 5.56 Å². The van der Waals surface area contributed by atoms with Crippen LogP contribution in [0.4, 0.5) is 11.4 Å². The summed E-state index contributed by atoms with van der Waals surface area (Å²) >= 11 is 0. The highest BCUT2D eigenvalue weighted by atomic mass is 16.6. The van der Waals surface area contributed by atoms with E-state index in [0.29, 0.717) is 12.0 Å². The van der Waals surface area contributed by atoms with E-state index in [1.54, 1.807) is 13.0 Å². The number of aromatic nitrogens is 1. The second-order valence-corrected chi connectivity index (χ2v) is 5.19. The summed E-state index contributed by atoms with van der Waals surface area (Å²) in [5, 5.41) is 13.5. The SMILES string of the molecule is CCc1cnc(C(=O)Nc2ccc(C)cc2[N+](=O)[O-])c(C(N)=O)c1. The number of nitro benzene ring substituents is 1. The summed E-state index contributed by atoms with van der Waals surface area (Å²) in [4.78, 5) is 38.5. The molecule has 0 saturated carbocycles. The smallest absolute Gasteiger partial charge is 0.293 e. The Morgan fingerprint density at radius 3 is 2.62 bits per heavy atom. The van der Waals surface area contributed by atoms with Crippen molar-refractivity contribution in [1.82, 2.24) is 4.98 Å². The van der Waals surface area contributed by atoms with Crippen molar-refractivity contribution in [3.05, 3.63) is 63.0 Å². The van der Waals surface area contributed by atoms with Crippen LogP contribution in [-0.2, 0) is 6.42 Å². The van der Waals surface area contributed by atoms with Gasteiger partial charge in [-0.15, -0.1) is 0 Å². The van der Waals surface area contributed by atoms with Crippen LogP contribution >= 0.6 is 0 Å². The highest BCUT2D eigenvalue weighted by Crippen LogP contribution is 2.26. The number of nitrogens with one attached hydrogen (secondary N) is 1. The molecule has 0 atom stereocenters. The van der Waals surface area contributed by atoms with Crippen molar-refractivity contribution in [2.24, 2.45) is 5.73 Å². The standard InChI is InChI=1S/C16H16N4O4/c1-3-10-7-11(15(17)21)14(18-8-10)16(22)19-12-5-4-9(2)6-13(12)20(23)24/h4-8H,3H2,1-2H3,(H2,17,21)(H,19,22). The number of hydrogen-bond donors (Lipinski definition) is 2. The number of anilines is 1. The van der Waals surface area contributed by atoms with Crippen LogP contribution < -0.4 is 11.1 Å². The van der Waals surface area contributed by atoms with Crippen molar-refractivity contribution in [1.29, 1.82) is 0 Å². The van der Waals surface area contributed by atoms with E-state index in [2.05, 4.69) is 10.3 Å². The first-order valence-electron chi connectivity index (χ1n) is 7.18. The molecule has 2 rings (SSSR count). The number of rotatable bonds is 5. The number of nitrogens with two attached hydrogens (primary N) is 1. The number of pyridine rings is 1. The van der Waals surface area contributed by atoms with E-state index in [4.69, 9.17) is 5.73 Å². The van der Waals surface area contributed by atoms with Gasteiger partial charge in [-0.25, -0.2) is 4.98 Å². The molecule has 0 spiro atoms. The third kappa shape index (κ3) is 3.54. The maximum absolute atomic E-state index is 12.4. The van der Waals surface area contributed by atoms with Crippen LogP contribution in [0, 0.1) is 17.0 Å². The van der Waals surface area contributed by atoms with Crippen molar-refractivity contribution >= 4 is 23.2 Å². The van der Waals surface area contributed by atoms with E-state index < -0.39 is 16.7 Å². The van der Waals surface area contributed by atoms with E-state index in [9.17, 15) is 19.7 Å². The van der Waals surface area contributed by atoms with Gasteiger partial charge in [-0.3, -0.25) is 19.7 Å². The van der Waals surface area contributed by atoms with Gasteiger partial charge in [-0.05, 0) is 36.6 Å².